The summed E-state index contributed by atoms with van der Waals surface area (Å²) in [5.41, 5.74) is 3.58. The van der Waals surface area contributed by atoms with Gasteiger partial charge in [-0.2, -0.15) is 0 Å². The number of nitrogens with one attached hydrogen (secondary N) is 1. The van der Waals surface area contributed by atoms with Gasteiger partial charge in [-0.1, -0.05) is 6.92 Å². The van der Waals surface area contributed by atoms with E-state index in [2.05, 4.69) is 31.2 Å². The fourth-order valence-electron chi connectivity index (χ4n) is 2.11. The summed E-state index contributed by atoms with van der Waals surface area (Å²) >= 11 is 0. The van der Waals surface area contributed by atoms with Crippen LogP contribution in [0.25, 0.3) is 0 Å². The van der Waals surface area contributed by atoms with Crippen molar-refractivity contribution in [1.82, 2.24) is 15.4 Å². The summed E-state index contributed by atoms with van der Waals surface area (Å²) in [4.78, 5) is 16.0. The third kappa shape index (κ3) is 2.31. The van der Waals surface area contributed by atoms with Crippen LogP contribution < -0.4 is 5.43 Å². The number of rotatable bonds is 2. The topological polar surface area (TPSA) is 45.2 Å². The molecule has 1 unspecified atom stereocenters. The minimum Gasteiger partial charge on any atom is -0.284 e. The third-order valence-electron chi connectivity index (χ3n) is 3.85. The quantitative estimate of drug-likeness (QED) is 0.848. The van der Waals surface area contributed by atoms with Gasteiger partial charge in [0, 0.05) is 24.5 Å². The fourth-order valence-corrected chi connectivity index (χ4v) is 2.11. The third-order valence-corrected chi connectivity index (χ3v) is 3.85. The monoisotopic (exact) mass is 233 g/mol. The van der Waals surface area contributed by atoms with Crippen LogP contribution in [0.5, 0.6) is 0 Å². The lowest BCUT2D eigenvalue weighted by Gasteiger charge is -2.34. The molecule has 0 radical (unpaired) electrons. The molecule has 0 aromatic carbocycles. The van der Waals surface area contributed by atoms with Crippen LogP contribution in [-0.2, 0) is 0 Å². The molecule has 2 rings (SSSR count). The Morgan fingerprint density at radius 3 is 2.88 bits per heavy atom. The lowest BCUT2D eigenvalue weighted by Crippen LogP contribution is -2.52. The van der Waals surface area contributed by atoms with Crippen LogP contribution in [-0.4, -0.2) is 28.0 Å². The summed E-state index contributed by atoms with van der Waals surface area (Å²) in [6, 6.07) is 3.54. The van der Waals surface area contributed by atoms with Crippen LogP contribution >= 0.6 is 0 Å². The molecule has 2 heterocycles. The molecule has 0 bridgehead atoms. The predicted octanol–water partition coefficient (Wildman–Crippen LogP) is 1.85. The molecule has 0 spiro atoms. The molecule has 0 saturated carbocycles. The maximum Gasteiger partial charge on any atom is 0.267 e. The van der Waals surface area contributed by atoms with Gasteiger partial charge in [0.1, 0.15) is 0 Å². The van der Waals surface area contributed by atoms with Crippen molar-refractivity contribution in [2.24, 2.45) is 5.92 Å². The van der Waals surface area contributed by atoms with E-state index in [-0.39, 0.29) is 11.4 Å². The van der Waals surface area contributed by atoms with E-state index in [9.17, 15) is 4.79 Å². The van der Waals surface area contributed by atoms with Gasteiger partial charge in [0.2, 0.25) is 0 Å². The van der Waals surface area contributed by atoms with Gasteiger partial charge in [-0.15, -0.1) is 0 Å². The number of carbonyl (C=O) groups excluding carboxylic acids is 1. The number of carbonyl (C=O) groups is 1. The molecule has 17 heavy (non-hydrogen) atoms. The van der Waals surface area contributed by atoms with Crippen LogP contribution in [0.2, 0.25) is 0 Å². The van der Waals surface area contributed by atoms with Crippen molar-refractivity contribution in [2.75, 3.05) is 6.54 Å². The van der Waals surface area contributed by atoms with Gasteiger partial charge in [-0.25, -0.2) is 5.01 Å². The lowest BCUT2D eigenvalue weighted by atomic mass is 9.91. The molecule has 1 aliphatic heterocycles. The zero-order valence-electron chi connectivity index (χ0n) is 10.6. The average Bonchev–Trinajstić information content (AvgIpc) is 2.57. The van der Waals surface area contributed by atoms with Crippen molar-refractivity contribution in [2.45, 2.75) is 32.7 Å². The van der Waals surface area contributed by atoms with Crippen LogP contribution in [0.3, 0.4) is 0 Å². The van der Waals surface area contributed by atoms with E-state index in [0.29, 0.717) is 11.5 Å². The Kier molecular flexibility index (Phi) is 3.15. The predicted molar refractivity (Wildman–Crippen MR) is 66.3 cm³/mol. The van der Waals surface area contributed by atoms with Crippen LogP contribution in [0.4, 0.5) is 0 Å². The van der Waals surface area contributed by atoms with Crippen molar-refractivity contribution in [3.05, 3.63) is 30.1 Å². The number of amides is 1. The first-order valence-corrected chi connectivity index (χ1v) is 6.00. The normalized spacial score (nSPS) is 23.6. The maximum atomic E-state index is 12.0. The number of hydrogen-bond acceptors (Lipinski definition) is 3. The number of hydrogen-bond donors (Lipinski definition) is 1. The second-order valence-electron chi connectivity index (χ2n) is 5.18. The highest BCUT2D eigenvalue weighted by Gasteiger charge is 2.39. The van der Waals surface area contributed by atoms with E-state index >= 15 is 0 Å². The molecule has 4 heteroatoms. The molecule has 1 fully saturated rings. The van der Waals surface area contributed by atoms with Crippen LogP contribution in [0, 0.1) is 5.92 Å². The van der Waals surface area contributed by atoms with Gasteiger partial charge in [-0.05, 0) is 38.3 Å². The number of hydrazine groups is 1. The Hall–Kier alpha value is -1.42. The molecule has 1 aromatic heterocycles. The SMILES string of the molecule is CC1CCN(NC(=O)c2cccnc2)C1(C)C. The van der Waals surface area contributed by atoms with Crippen molar-refractivity contribution in [1.29, 1.82) is 0 Å². The molecule has 1 N–H and O–H groups in total. The number of nitrogens with zero attached hydrogens (tertiary/aromatic N) is 2. The largest absolute Gasteiger partial charge is 0.284 e. The molecule has 4 nitrogen and oxygen atoms in total. The summed E-state index contributed by atoms with van der Waals surface area (Å²) in [6.45, 7) is 7.44. The Bertz CT molecular complexity index is 402. The van der Waals surface area contributed by atoms with Gasteiger partial charge >= 0.3 is 0 Å². The van der Waals surface area contributed by atoms with Crippen LogP contribution in [0.1, 0.15) is 37.6 Å². The summed E-state index contributed by atoms with van der Waals surface area (Å²) in [6.07, 6.45) is 4.36. The summed E-state index contributed by atoms with van der Waals surface area (Å²) in [5.74, 6) is 0.497. The van der Waals surface area contributed by atoms with Gasteiger partial charge in [-0.3, -0.25) is 15.2 Å². The first kappa shape index (κ1) is 12.0. The summed E-state index contributed by atoms with van der Waals surface area (Å²) < 4.78 is 0. The van der Waals surface area contributed by atoms with Gasteiger partial charge in [0.15, 0.2) is 0 Å². The highest BCUT2D eigenvalue weighted by Crippen LogP contribution is 2.32. The van der Waals surface area contributed by atoms with E-state index in [1.54, 1.807) is 24.5 Å². The van der Waals surface area contributed by atoms with Crippen molar-refractivity contribution >= 4 is 5.91 Å². The summed E-state index contributed by atoms with van der Waals surface area (Å²) in [7, 11) is 0. The Morgan fingerprint density at radius 1 is 1.59 bits per heavy atom. The first-order chi connectivity index (χ1) is 8.01. The molecule has 1 aromatic rings. The van der Waals surface area contributed by atoms with Gasteiger partial charge in [0.05, 0.1) is 5.56 Å². The molecule has 1 saturated heterocycles. The Labute approximate surface area is 102 Å². The first-order valence-electron chi connectivity index (χ1n) is 6.00. The molecule has 1 amide bonds. The lowest BCUT2D eigenvalue weighted by molar-refractivity contribution is 0.0567. The fraction of sp³-hybridized carbons (Fsp3) is 0.538. The van der Waals surface area contributed by atoms with Crippen LogP contribution in [0.15, 0.2) is 24.5 Å². The zero-order valence-corrected chi connectivity index (χ0v) is 10.6. The zero-order chi connectivity index (χ0) is 12.5. The average molecular weight is 233 g/mol. The number of aromatic nitrogens is 1. The molecule has 0 aliphatic carbocycles. The Balaban J connectivity index is 2.06. The van der Waals surface area contributed by atoms with E-state index in [1.807, 2.05) is 5.01 Å². The second-order valence-corrected chi connectivity index (χ2v) is 5.18. The molecular formula is C13H19N3O. The van der Waals surface area contributed by atoms with E-state index in [1.165, 1.54) is 0 Å². The second kappa shape index (κ2) is 4.45. The van der Waals surface area contributed by atoms with Crippen molar-refractivity contribution < 1.29 is 4.79 Å². The minimum atomic E-state index is -0.0831. The molecule has 92 valence electrons. The minimum absolute atomic E-state index is 0.0118. The molecule has 1 aliphatic rings. The summed E-state index contributed by atoms with van der Waals surface area (Å²) in [5, 5.41) is 2.03. The van der Waals surface area contributed by atoms with Crippen molar-refractivity contribution in [3.63, 3.8) is 0 Å². The maximum absolute atomic E-state index is 12.0. The van der Waals surface area contributed by atoms with E-state index in [0.717, 1.165) is 13.0 Å². The van der Waals surface area contributed by atoms with E-state index in [4.69, 9.17) is 0 Å². The highest BCUT2D eigenvalue weighted by atomic mass is 16.2. The molecular weight excluding hydrogens is 214 g/mol. The van der Waals surface area contributed by atoms with Gasteiger partial charge in [0.25, 0.3) is 5.91 Å². The number of pyridine rings is 1. The standard InChI is InChI=1S/C13H19N3O/c1-10-6-8-16(13(10,2)3)15-12(17)11-5-4-7-14-9-11/h4-5,7,9-10H,6,8H2,1-3H3,(H,15,17). The Morgan fingerprint density at radius 2 is 2.35 bits per heavy atom. The van der Waals surface area contributed by atoms with Gasteiger partial charge < -0.3 is 0 Å². The highest BCUT2D eigenvalue weighted by molar-refractivity contribution is 5.93. The molecule has 1 atom stereocenters. The van der Waals surface area contributed by atoms with Crippen molar-refractivity contribution in [3.8, 4) is 0 Å². The van der Waals surface area contributed by atoms with E-state index < -0.39 is 0 Å². The smallest absolute Gasteiger partial charge is 0.267 e.